The maximum absolute atomic E-state index is 6.24. The number of nitrogens with one attached hydrogen (secondary N) is 1. The minimum absolute atomic E-state index is 0.367. The summed E-state index contributed by atoms with van der Waals surface area (Å²) in [5.41, 5.74) is 1.22. The van der Waals surface area contributed by atoms with Crippen molar-refractivity contribution >= 4 is 11.6 Å². The molecule has 1 saturated heterocycles. The Balaban J connectivity index is 1.98. The molecule has 1 aromatic carbocycles. The third-order valence-corrected chi connectivity index (χ3v) is 4.03. The number of rotatable bonds is 4. The van der Waals surface area contributed by atoms with Crippen LogP contribution in [0.1, 0.15) is 31.4 Å². The molecular formula is C14H21ClN2. The van der Waals surface area contributed by atoms with Crippen LogP contribution >= 0.6 is 11.6 Å². The molecule has 2 nitrogen and oxygen atoms in total. The van der Waals surface area contributed by atoms with E-state index in [0.29, 0.717) is 12.1 Å². The summed E-state index contributed by atoms with van der Waals surface area (Å²) in [5, 5.41) is 4.40. The molecule has 1 heterocycles. The van der Waals surface area contributed by atoms with Gasteiger partial charge in [-0.25, -0.2) is 0 Å². The molecule has 17 heavy (non-hydrogen) atoms. The molecule has 1 aliphatic rings. The number of likely N-dealkylation sites (N-methyl/N-ethyl adjacent to an activating group) is 1. The molecule has 94 valence electrons. The highest BCUT2D eigenvalue weighted by Gasteiger charge is 2.20. The average molecular weight is 253 g/mol. The van der Waals surface area contributed by atoms with Crippen LogP contribution in [0.15, 0.2) is 24.3 Å². The second-order valence-electron chi connectivity index (χ2n) is 4.93. The highest BCUT2D eigenvalue weighted by Crippen LogP contribution is 2.26. The number of hydrogen-bond donors (Lipinski definition) is 1. The van der Waals surface area contributed by atoms with E-state index < -0.39 is 0 Å². The Morgan fingerprint density at radius 1 is 1.47 bits per heavy atom. The Bertz CT molecular complexity index is 361. The molecular weight excluding hydrogens is 232 g/mol. The van der Waals surface area contributed by atoms with Crippen molar-refractivity contribution in [3.63, 3.8) is 0 Å². The first-order valence-corrected chi connectivity index (χ1v) is 6.74. The number of hydrogen-bond acceptors (Lipinski definition) is 2. The molecule has 1 N–H and O–H groups in total. The normalized spacial score (nSPS) is 22.0. The van der Waals surface area contributed by atoms with Gasteiger partial charge in [-0.15, -0.1) is 0 Å². The smallest absolute Gasteiger partial charge is 0.0453 e. The van der Waals surface area contributed by atoms with E-state index in [1.54, 1.807) is 0 Å². The average Bonchev–Trinajstić information content (AvgIpc) is 2.81. The van der Waals surface area contributed by atoms with Gasteiger partial charge in [-0.05, 0) is 45.0 Å². The Kier molecular flexibility index (Phi) is 4.43. The zero-order valence-corrected chi connectivity index (χ0v) is 11.4. The largest absolute Gasteiger partial charge is 0.313 e. The summed E-state index contributed by atoms with van der Waals surface area (Å²) in [6, 6.07) is 9.13. The van der Waals surface area contributed by atoms with Crippen molar-refractivity contribution < 1.29 is 0 Å². The second kappa shape index (κ2) is 5.85. The number of benzene rings is 1. The van der Waals surface area contributed by atoms with E-state index in [1.165, 1.54) is 24.9 Å². The molecule has 2 rings (SSSR count). The lowest BCUT2D eigenvalue weighted by molar-refractivity contribution is 0.238. The van der Waals surface area contributed by atoms with Gasteiger partial charge in [0.2, 0.25) is 0 Å². The third kappa shape index (κ3) is 3.21. The quantitative estimate of drug-likeness (QED) is 0.886. The van der Waals surface area contributed by atoms with Crippen LogP contribution in [0, 0.1) is 0 Å². The summed E-state index contributed by atoms with van der Waals surface area (Å²) >= 11 is 6.24. The predicted octanol–water partition coefficient (Wildman–Crippen LogP) is 3.08. The van der Waals surface area contributed by atoms with Crippen LogP contribution in [0.25, 0.3) is 0 Å². The molecule has 1 aliphatic heterocycles. The van der Waals surface area contributed by atoms with Gasteiger partial charge in [-0.1, -0.05) is 29.8 Å². The van der Waals surface area contributed by atoms with Crippen molar-refractivity contribution in [1.82, 2.24) is 10.2 Å². The van der Waals surface area contributed by atoms with Crippen molar-refractivity contribution in [1.29, 1.82) is 0 Å². The first-order valence-electron chi connectivity index (χ1n) is 6.36. The van der Waals surface area contributed by atoms with E-state index in [4.69, 9.17) is 11.6 Å². The van der Waals surface area contributed by atoms with Crippen LogP contribution in [0.4, 0.5) is 0 Å². The van der Waals surface area contributed by atoms with Gasteiger partial charge in [0.05, 0.1) is 0 Å². The lowest BCUT2D eigenvalue weighted by atomic mass is 10.1. The van der Waals surface area contributed by atoms with Gasteiger partial charge < -0.3 is 5.32 Å². The standard InChI is InChI=1S/C14H21ClN2/c1-11(13-7-3-4-8-14(13)15)17(2)10-12-6-5-9-16-12/h3-4,7-8,11-12,16H,5-6,9-10H2,1-2H3. The van der Waals surface area contributed by atoms with Crippen LogP contribution in [0.2, 0.25) is 5.02 Å². The van der Waals surface area contributed by atoms with Crippen molar-refractivity contribution in [3.05, 3.63) is 34.9 Å². The van der Waals surface area contributed by atoms with E-state index in [9.17, 15) is 0 Å². The molecule has 2 unspecified atom stereocenters. The van der Waals surface area contributed by atoms with Crippen molar-refractivity contribution in [3.8, 4) is 0 Å². The fourth-order valence-electron chi connectivity index (χ4n) is 2.47. The summed E-state index contributed by atoms with van der Waals surface area (Å²) in [6.07, 6.45) is 2.60. The summed E-state index contributed by atoms with van der Waals surface area (Å²) in [4.78, 5) is 2.38. The van der Waals surface area contributed by atoms with Crippen LogP contribution in [-0.2, 0) is 0 Å². The second-order valence-corrected chi connectivity index (χ2v) is 5.34. The van der Waals surface area contributed by atoms with E-state index in [0.717, 1.165) is 11.6 Å². The van der Waals surface area contributed by atoms with Gasteiger partial charge in [0.25, 0.3) is 0 Å². The van der Waals surface area contributed by atoms with Crippen molar-refractivity contribution in [2.45, 2.75) is 31.8 Å². The van der Waals surface area contributed by atoms with Gasteiger partial charge in [0, 0.05) is 23.7 Å². The molecule has 0 radical (unpaired) electrons. The minimum atomic E-state index is 0.367. The zero-order valence-electron chi connectivity index (χ0n) is 10.6. The zero-order chi connectivity index (χ0) is 12.3. The summed E-state index contributed by atoms with van der Waals surface area (Å²) in [6.45, 7) is 4.47. The molecule has 0 saturated carbocycles. The predicted molar refractivity (Wildman–Crippen MR) is 73.5 cm³/mol. The monoisotopic (exact) mass is 252 g/mol. The van der Waals surface area contributed by atoms with Gasteiger partial charge in [-0.3, -0.25) is 4.90 Å². The highest BCUT2D eigenvalue weighted by molar-refractivity contribution is 6.31. The first kappa shape index (κ1) is 12.9. The van der Waals surface area contributed by atoms with Crippen LogP contribution in [0.5, 0.6) is 0 Å². The Morgan fingerprint density at radius 3 is 2.88 bits per heavy atom. The van der Waals surface area contributed by atoms with Gasteiger partial charge in [0.15, 0.2) is 0 Å². The van der Waals surface area contributed by atoms with Crippen LogP contribution in [-0.4, -0.2) is 31.1 Å². The lowest BCUT2D eigenvalue weighted by Gasteiger charge is -2.28. The molecule has 1 aromatic rings. The SMILES string of the molecule is CC(c1ccccc1Cl)N(C)CC1CCCN1. The first-order chi connectivity index (χ1) is 8.18. The van der Waals surface area contributed by atoms with Crippen LogP contribution < -0.4 is 5.32 Å². The molecule has 1 fully saturated rings. The minimum Gasteiger partial charge on any atom is -0.313 e. The Labute approximate surface area is 109 Å². The molecule has 0 spiro atoms. The maximum Gasteiger partial charge on any atom is 0.0453 e. The van der Waals surface area contributed by atoms with Crippen molar-refractivity contribution in [2.24, 2.45) is 0 Å². The molecule has 0 amide bonds. The number of halogens is 1. The summed E-state index contributed by atoms with van der Waals surface area (Å²) in [7, 11) is 2.17. The number of nitrogens with zero attached hydrogens (tertiary/aromatic N) is 1. The maximum atomic E-state index is 6.24. The van der Waals surface area contributed by atoms with E-state index >= 15 is 0 Å². The van der Waals surface area contributed by atoms with E-state index in [2.05, 4.69) is 36.3 Å². The molecule has 2 atom stereocenters. The van der Waals surface area contributed by atoms with Crippen LogP contribution in [0.3, 0.4) is 0 Å². The van der Waals surface area contributed by atoms with E-state index in [1.807, 2.05) is 12.1 Å². The van der Waals surface area contributed by atoms with E-state index in [-0.39, 0.29) is 0 Å². The fraction of sp³-hybridized carbons (Fsp3) is 0.571. The van der Waals surface area contributed by atoms with Gasteiger partial charge >= 0.3 is 0 Å². The molecule has 0 aromatic heterocycles. The summed E-state index contributed by atoms with van der Waals surface area (Å²) in [5.74, 6) is 0. The Morgan fingerprint density at radius 2 is 2.24 bits per heavy atom. The fourth-order valence-corrected chi connectivity index (χ4v) is 2.76. The molecule has 0 bridgehead atoms. The highest BCUT2D eigenvalue weighted by atomic mass is 35.5. The summed E-state index contributed by atoms with van der Waals surface area (Å²) < 4.78 is 0. The van der Waals surface area contributed by atoms with Gasteiger partial charge in [-0.2, -0.15) is 0 Å². The Hall–Kier alpha value is -0.570. The van der Waals surface area contributed by atoms with Crippen molar-refractivity contribution in [2.75, 3.05) is 20.1 Å². The third-order valence-electron chi connectivity index (χ3n) is 3.69. The topological polar surface area (TPSA) is 15.3 Å². The molecule has 3 heteroatoms. The lowest BCUT2D eigenvalue weighted by Crippen LogP contribution is -2.36. The van der Waals surface area contributed by atoms with Gasteiger partial charge in [0.1, 0.15) is 0 Å². The molecule has 0 aliphatic carbocycles.